The fraction of sp³-hybridized carbons (Fsp3) is 0.125. The molecular formula is C16H14ClNO. The van der Waals surface area contributed by atoms with Crippen molar-refractivity contribution in [2.24, 2.45) is 5.73 Å². The summed E-state index contributed by atoms with van der Waals surface area (Å²) in [5.41, 5.74) is 9.12. The smallest absolute Gasteiger partial charge is 0.134 e. The molecule has 0 amide bonds. The molecule has 3 aromatic rings. The van der Waals surface area contributed by atoms with E-state index in [0.717, 1.165) is 27.9 Å². The van der Waals surface area contributed by atoms with Crippen molar-refractivity contribution in [3.8, 4) is 0 Å². The molecule has 96 valence electrons. The summed E-state index contributed by atoms with van der Waals surface area (Å²) in [4.78, 5) is 0. The maximum absolute atomic E-state index is 6.30. The number of fused-ring (bicyclic) bond motifs is 1. The van der Waals surface area contributed by atoms with Crippen LogP contribution < -0.4 is 5.73 Å². The molecule has 0 aliphatic rings. The molecule has 2 N–H and O–H groups in total. The van der Waals surface area contributed by atoms with Crippen LogP contribution in [0.2, 0.25) is 5.02 Å². The topological polar surface area (TPSA) is 39.2 Å². The van der Waals surface area contributed by atoms with Crippen LogP contribution in [-0.2, 0) is 0 Å². The number of hydrogen-bond acceptors (Lipinski definition) is 2. The molecule has 3 rings (SSSR count). The maximum atomic E-state index is 6.30. The van der Waals surface area contributed by atoms with Crippen molar-refractivity contribution >= 4 is 22.6 Å². The van der Waals surface area contributed by atoms with E-state index in [1.54, 1.807) is 0 Å². The van der Waals surface area contributed by atoms with Gasteiger partial charge in [-0.2, -0.15) is 0 Å². The second-order valence-electron chi connectivity index (χ2n) is 4.59. The molecule has 0 aliphatic heterocycles. The van der Waals surface area contributed by atoms with Gasteiger partial charge in [0.15, 0.2) is 0 Å². The first kappa shape index (κ1) is 12.3. The quantitative estimate of drug-likeness (QED) is 0.748. The highest BCUT2D eigenvalue weighted by atomic mass is 35.5. The van der Waals surface area contributed by atoms with E-state index in [1.165, 1.54) is 0 Å². The number of furan rings is 1. The van der Waals surface area contributed by atoms with Gasteiger partial charge in [0.2, 0.25) is 0 Å². The molecular weight excluding hydrogens is 258 g/mol. The van der Waals surface area contributed by atoms with Crippen molar-refractivity contribution in [3.05, 3.63) is 70.4 Å². The summed E-state index contributed by atoms with van der Waals surface area (Å²) in [6.07, 6.45) is 0. The highest BCUT2D eigenvalue weighted by Gasteiger charge is 2.20. The van der Waals surface area contributed by atoms with Gasteiger partial charge in [-0.1, -0.05) is 48.0 Å². The van der Waals surface area contributed by atoms with Crippen LogP contribution in [-0.4, -0.2) is 0 Å². The van der Waals surface area contributed by atoms with E-state index >= 15 is 0 Å². The highest BCUT2D eigenvalue weighted by molar-refractivity contribution is 6.31. The van der Waals surface area contributed by atoms with E-state index in [2.05, 4.69) is 0 Å². The van der Waals surface area contributed by atoms with Gasteiger partial charge in [0.1, 0.15) is 11.3 Å². The van der Waals surface area contributed by atoms with Crippen molar-refractivity contribution in [2.45, 2.75) is 13.0 Å². The zero-order valence-corrected chi connectivity index (χ0v) is 11.3. The lowest BCUT2D eigenvalue weighted by Gasteiger charge is -2.12. The number of nitrogens with two attached hydrogens (primary N) is 1. The average Bonchev–Trinajstić information content (AvgIpc) is 2.77. The van der Waals surface area contributed by atoms with Crippen LogP contribution in [0.5, 0.6) is 0 Å². The number of para-hydroxylation sites is 1. The summed E-state index contributed by atoms with van der Waals surface area (Å²) in [5, 5.41) is 1.76. The number of hydrogen-bond donors (Lipinski definition) is 1. The molecule has 0 saturated heterocycles. The lowest BCUT2D eigenvalue weighted by molar-refractivity contribution is 0.521. The Bertz CT molecular complexity index is 732. The van der Waals surface area contributed by atoms with Gasteiger partial charge in [0, 0.05) is 16.0 Å². The van der Waals surface area contributed by atoms with E-state index in [1.807, 2.05) is 55.5 Å². The maximum Gasteiger partial charge on any atom is 0.134 e. The molecule has 0 spiro atoms. The molecule has 0 aliphatic carbocycles. The van der Waals surface area contributed by atoms with Crippen LogP contribution in [0, 0.1) is 6.92 Å². The van der Waals surface area contributed by atoms with Crippen molar-refractivity contribution < 1.29 is 4.42 Å². The van der Waals surface area contributed by atoms with Crippen molar-refractivity contribution in [1.82, 2.24) is 0 Å². The predicted molar refractivity (Wildman–Crippen MR) is 78.4 cm³/mol. The molecule has 2 nitrogen and oxygen atoms in total. The Morgan fingerprint density at radius 2 is 1.74 bits per heavy atom. The molecule has 2 aromatic carbocycles. The minimum atomic E-state index is -0.346. The van der Waals surface area contributed by atoms with Crippen molar-refractivity contribution in [1.29, 1.82) is 0 Å². The van der Waals surface area contributed by atoms with Gasteiger partial charge >= 0.3 is 0 Å². The van der Waals surface area contributed by atoms with Gasteiger partial charge in [0.05, 0.1) is 6.04 Å². The summed E-state index contributed by atoms with van der Waals surface area (Å²) >= 11 is 6.20. The predicted octanol–water partition coefficient (Wildman–Crippen LogP) is 4.44. The third-order valence-corrected chi connectivity index (χ3v) is 3.75. The van der Waals surface area contributed by atoms with Crippen LogP contribution in [0.15, 0.2) is 52.9 Å². The summed E-state index contributed by atoms with van der Waals surface area (Å²) in [7, 11) is 0. The molecule has 1 heterocycles. The Hall–Kier alpha value is -1.77. The summed E-state index contributed by atoms with van der Waals surface area (Å²) in [6.45, 7) is 2.03. The van der Waals surface area contributed by atoms with Crippen LogP contribution in [0.1, 0.15) is 22.9 Å². The summed E-state index contributed by atoms with van der Waals surface area (Å²) in [5.74, 6) is 0.773. The molecule has 1 atom stereocenters. The number of halogens is 1. The normalized spacial score (nSPS) is 12.8. The Balaban J connectivity index is 2.14. The molecule has 19 heavy (non-hydrogen) atoms. The summed E-state index contributed by atoms with van der Waals surface area (Å²) in [6, 6.07) is 15.2. The van der Waals surface area contributed by atoms with Crippen LogP contribution in [0.3, 0.4) is 0 Å². The van der Waals surface area contributed by atoms with Gasteiger partial charge in [-0.15, -0.1) is 0 Å². The van der Waals surface area contributed by atoms with Gasteiger partial charge in [-0.05, 0) is 24.6 Å². The van der Waals surface area contributed by atoms with Crippen molar-refractivity contribution in [3.63, 3.8) is 0 Å². The molecule has 0 radical (unpaired) electrons. The average molecular weight is 272 g/mol. The fourth-order valence-electron chi connectivity index (χ4n) is 2.36. The minimum Gasteiger partial charge on any atom is -0.459 e. The van der Waals surface area contributed by atoms with Gasteiger partial charge in [-0.3, -0.25) is 0 Å². The van der Waals surface area contributed by atoms with Gasteiger partial charge in [0.25, 0.3) is 0 Å². The van der Waals surface area contributed by atoms with E-state index in [9.17, 15) is 0 Å². The summed E-state index contributed by atoms with van der Waals surface area (Å²) < 4.78 is 5.89. The minimum absolute atomic E-state index is 0.346. The largest absolute Gasteiger partial charge is 0.459 e. The first-order chi connectivity index (χ1) is 9.18. The van der Waals surface area contributed by atoms with Crippen LogP contribution in [0.4, 0.5) is 0 Å². The van der Waals surface area contributed by atoms with E-state index in [0.29, 0.717) is 5.02 Å². The molecule has 0 saturated carbocycles. The first-order valence-electron chi connectivity index (χ1n) is 6.16. The molecule has 0 bridgehead atoms. The fourth-order valence-corrected chi connectivity index (χ4v) is 2.61. The van der Waals surface area contributed by atoms with E-state index in [-0.39, 0.29) is 6.04 Å². The number of rotatable bonds is 2. The Labute approximate surface area is 116 Å². The first-order valence-corrected chi connectivity index (χ1v) is 6.54. The van der Waals surface area contributed by atoms with Crippen LogP contribution in [0.25, 0.3) is 11.0 Å². The Morgan fingerprint density at radius 1 is 1.05 bits per heavy atom. The zero-order valence-electron chi connectivity index (χ0n) is 10.6. The third kappa shape index (κ3) is 2.03. The second kappa shape index (κ2) is 4.72. The second-order valence-corrected chi connectivity index (χ2v) is 4.99. The standard InChI is InChI=1S/C16H14ClNO/c1-10-11-6-3-5-9-14(11)19-16(10)15(18)12-7-2-4-8-13(12)17/h2-9,15H,18H2,1H3. The molecule has 3 heteroatoms. The lowest BCUT2D eigenvalue weighted by atomic mass is 10.0. The monoisotopic (exact) mass is 271 g/mol. The zero-order chi connectivity index (χ0) is 13.4. The Kier molecular flexibility index (Phi) is 3.05. The van der Waals surface area contributed by atoms with Gasteiger partial charge < -0.3 is 10.2 Å². The molecule has 1 unspecified atom stereocenters. The number of aryl methyl sites for hydroxylation is 1. The molecule has 0 fully saturated rings. The van der Waals surface area contributed by atoms with Crippen LogP contribution >= 0.6 is 11.6 Å². The molecule has 1 aromatic heterocycles. The third-order valence-electron chi connectivity index (χ3n) is 3.40. The van der Waals surface area contributed by atoms with E-state index < -0.39 is 0 Å². The van der Waals surface area contributed by atoms with Gasteiger partial charge in [-0.25, -0.2) is 0 Å². The highest BCUT2D eigenvalue weighted by Crippen LogP contribution is 2.33. The number of benzene rings is 2. The SMILES string of the molecule is Cc1c(C(N)c2ccccc2Cl)oc2ccccc12. The van der Waals surface area contributed by atoms with E-state index in [4.69, 9.17) is 21.8 Å². The Morgan fingerprint density at radius 3 is 2.47 bits per heavy atom. The van der Waals surface area contributed by atoms with Crippen molar-refractivity contribution in [2.75, 3.05) is 0 Å². The lowest BCUT2D eigenvalue weighted by Crippen LogP contribution is -2.12.